The van der Waals surface area contributed by atoms with Gasteiger partial charge in [0.05, 0.1) is 17.9 Å². The van der Waals surface area contributed by atoms with Crippen LogP contribution in [0, 0.1) is 13.8 Å². The van der Waals surface area contributed by atoms with E-state index in [1.54, 1.807) is 37.8 Å². The van der Waals surface area contributed by atoms with Crippen molar-refractivity contribution in [1.29, 1.82) is 0 Å². The summed E-state index contributed by atoms with van der Waals surface area (Å²) in [6.07, 6.45) is 1.67. The zero-order valence-corrected chi connectivity index (χ0v) is 13.4. The molecule has 0 saturated carbocycles. The highest BCUT2D eigenvalue weighted by Gasteiger charge is 2.25. The van der Waals surface area contributed by atoms with Crippen molar-refractivity contribution in [3.8, 4) is 0 Å². The number of hydrogen-bond acceptors (Lipinski definition) is 5. The number of nitrogens with one attached hydrogen (secondary N) is 2. The molecule has 0 saturated heterocycles. The lowest BCUT2D eigenvalue weighted by Gasteiger charge is -2.07. The van der Waals surface area contributed by atoms with E-state index in [9.17, 15) is 8.42 Å². The van der Waals surface area contributed by atoms with Crippen molar-refractivity contribution in [3.05, 3.63) is 23.7 Å². The molecular weight excluding hydrogens is 292 g/mol. The van der Waals surface area contributed by atoms with Crippen LogP contribution in [0.1, 0.15) is 11.4 Å². The van der Waals surface area contributed by atoms with Gasteiger partial charge in [0.2, 0.25) is 0 Å². The van der Waals surface area contributed by atoms with Gasteiger partial charge in [-0.3, -0.25) is 14.1 Å². The number of likely N-dealkylation sites (N-methyl/N-ethyl adjacent to an activating group) is 1. The highest BCUT2D eigenvalue weighted by atomic mass is 32.2. The summed E-state index contributed by atoms with van der Waals surface area (Å²) in [7, 11) is -0.130. The van der Waals surface area contributed by atoms with Crippen LogP contribution in [0.4, 0.5) is 5.82 Å². The van der Waals surface area contributed by atoms with Gasteiger partial charge in [-0.1, -0.05) is 0 Å². The molecule has 0 fully saturated rings. The molecule has 0 aliphatic carbocycles. The number of hydrogen-bond donors (Lipinski definition) is 2. The molecule has 21 heavy (non-hydrogen) atoms. The first-order valence-electron chi connectivity index (χ1n) is 6.56. The Bertz CT molecular complexity index is 731. The fourth-order valence-electron chi connectivity index (χ4n) is 2.16. The first-order chi connectivity index (χ1) is 9.85. The molecule has 0 spiro atoms. The molecule has 8 nitrogen and oxygen atoms in total. The van der Waals surface area contributed by atoms with Gasteiger partial charge in [-0.15, -0.1) is 0 Å². The Labute approximate surface area is 124 Å². The highest BCUT2D eigenvalue weighted by Crippen LogP contribution is 2.21. The topological polar surface area (TPSA) is 93.8 Å². The maximum atomic E-state index is 12.5. The number of nitrogens with zero attached hydrogens (tertiary/aromatic N) is 4. The summed E-state index contributed by atoms with van der Waals surface area (Å²) in [5.74, 6) is 0.291. The summed E-state index contributed by atoms with van der Waals surface area (Å²) in [5.41, 5.74) is 1.10. The van der Waals surface area contributed by atoms with E-state index in [0.717, 1.165) is 6.54 Å². The van der Waals surface area contributed by atoms with E-state index in [-0.39, 0.29) is 4.90 Å². The van der Waals surface area contributed by atoms with Gasteiger partial charge in [0.25, 0.3) is 10.0 Å². The lowest BCUT2D eigenvalue weighted by atomic mass is 10.4. The summed E-state index contributed by atoms with van der Waals surface area (Å²) in [6, 6.07) is 1.60. The number of sulfonamides is 1. The Hall–Kier alpha value is -1.87. The molecule has 0 bridgehead atoms. The van der Waals surface area contributed by atoms with Gasteiger partial charge in [-0.25, -0.2) is 8.42 Å². The largest absolute Gasteiger partial charge is 0.318 e. The number of rotatable bonds is 6. The summed E-state index contributed by atoms with van der Waals surface area (Å²) in [4.78, 5) is 0.212. The molecule has 0 radical (unpaired) electrons. The molecule has 2 rings (SSSR count). The fraction of sp³-hybridized carbons (Fsp3) is 0.500. The van der Waals surface area contributed by atoms with Gasteiger partial charge in [-0.05, 0) is 20.9 Å². The molecule has 2 N–H and O–H groups in total. The number of aryl methyl sites for hydroxylation is 2. The van der Waals surface area contributed by atoms with Crippen LogP contribution in [0.2, 0.25) is 0 Å². The average molecular weight is 312 g/mol. The second-order valence-electron chi connectivity index (χ2n) is 4.81. The van der Waals surface area contributed by atoms with Crippen LogP contribution < -0.4 is 10.0 Å². The van der Waals surface area contributed by atoms with E-state index in [0.29, 0.717) is 23.8 Å². The maximum Gasteiger partial charge on any atom is 0.266 e. The van der Waals surface area contributed by atoms with Crippen LogP contribution in [0.15, 0.2) is 17.2 Å². The second kappa shape index (κ2) is 5.86. The van der Waals surface area contributed by atoms with Gasteiger partial charge < -0.3 is 5.32 Å². The average Bonchev–Trinajstić information content (AvgIpc) is 2.90. The molecule has 2 aromatic rings. The molecular formula is C12H20N6O2S. The van der Waals surface area contributed by atoms with Gasteiger partial charge in [0.15, 0.2) is 5.82 Å². The van der Waals surface area contributed by atoms with Crippen LogP contribution in [-0.4, -0.2) is 41.6 Å². The summed E-state index contributed by atoms with van der Waals surface area (Å²) < 4.78 is 30.7. The van der Waals surface area contributed by atoms with Gasteiger partial charge in [-0.2, -0.15) is 10.2 Å². The predicted molar refractivity (Wildman–Crippen MR) is 79.6 cm³/mol. The van der Waals surface area contributed by atoms with Crippen LogP contribution in [0.3, 0.4) is 0 Å². The Kier molecular flexibility index (Phi) is 4.33. The first kappa shape index (κ1) is 15.5. The molecule has 116 valence electrons. The van der Waals surface area contributed by atoms with Crippen LogP contribution >= 0.6 is 0 Å². The minimum Gasteiger partial charge on any atom is -0.318 e. The smallest absolute Gasteiger partial charge is 0.266 e. The molecule has 0 aliphatic heterocycles. The van der Waals surface area contributed by atoms with E-state index < -0.39 is 10.0 Å². The van der Waals surface area contributed by atoms with Gasteiger partial charge in [0.1, 0.15) is 4.90 Å². The Morgan fingerprint density at radius 1 is 1.29 bits per heavy atom. The van der Waals surface area contributed by atoms with Crippen molar-refractivity contribution in [2.75, 3.05) is 18.3 Å². The van der Waals surface area contributed by atoms with Crippen molar-refractivity contribution in [2.45, 2.75) is 25.3 Å². The fourth-order valence-corrected chi connectivity index (χ4v) is 3.57. The van der Waals surface area contributed by atoms with Crippen LogP contribution in [0.25, 0.3) is 0 Å². The zero-order chi connectivity index (χ0) is 15.6. The molecule has 0 aliphatic rings. The van der Waals surface area contributed by atoms with E-state index in [1.807, 2.05) is 7.05 Å². The lowest BCUT2D eigenvalue weighted by Crippen LogP contribution is -2.18. The Morgan fingerprint density at radius 2 is 2.00 bits per heavy atom. The Balaban J connectivity index is 2.33. The molecule has 0 atom stereocenters. The monoisotopic (exact) mass is 312 g/mol. The second-order valence-corrected chi connectivity index (χ2v) is 6.43. The molecule has 0 amide bonds. The molecule has 0 unspecified atom stereocenters. The van der Waals surface area contributed by atoms with Gasteiger partial charge >= 0.3 is 0 Å². The highest BCUT2D eigenvalue weighted by molar-refractivity contribution is 7.92. The van der Waals surface area contributed by atoms with E-state index in [2.05, 4.69) is 20.2 Å². The standard InChI is InChI=1S/C12H20N6O2S/c1-9-12(10(2)18(14-9)8-6-13-3)21(19,20)16-11-5-7-17(4)15-11/h5,7,13H,6,8H2,1-4H3,(H,15,16). The number of anilines is 1. The minimum atomic E-state index is -3.70. The van der Waals surface area contributed by atoms with Crippen molar-refractivity contribution < 1.29 is 8.42 Å². The van der Waals surface area contributed by atoms with Crippen LogP contribution in [-0.2, 0) is 23.6 Å². The zero-order valence-electron chi connectivity index (χ0n) is 12.6. The van der Waals surface area contributed by atoms with E-state index in [4.69, 9.17) is 0 Å². The van der Waals surface area contributed by atoms with E-state index in [1.165, 1.54) is 4.68 Å². The third-order valence-corrected chi connectivity index (χ3v) is 4.72. The summed E-state index contributed by atoms with van der Waals surface area (Å²) in [6.45, 7) is 4.77. The van der Waals surface area contributed by atoms with Crippen molar-refractivity contribution in [2.24, 2.45) is 7.05 Å². The number of aromatic nitrogens is 4. The quantitative estimate of drug-likeness (QED) is 0.797. The first-order valence-corrected chi connectivity index (χ1v) is 8.04. The normalized spacial score (nSPS) is 11.8. The molecule has 2 heterocycles. The van der Waals surface area contributed by atoms with Crippen LogP contribution in [0.5, 0.6) is 0 Å². The summed E-state index contributed by atoms with van der Waals surface area (Å²) in [5, 5.41) is 11.3. The van der Waals surface area contributed by atoms with Crippen molar-refractivity contribution in [1.82, 2.24) is 24.9 Å². The molecule has 0 aromatic carbocycles. The lowest BCUT2D eigenvalue weighted by molar-refractivity contribution is 0.566. The third kappa shape index (κ3) is 3.24. The van der Waals surface area contributed by atoms with Crippen molar-refractivity contribution in [3.63, 3.8) is 0 Å². The van der Waals surface area contributed by atoms with Crippen molar-refractivity contribution >= 4 is 15.8 Å². The predicted octanol–water partition coefficient (Wildman–Crippen LogP) is 0.254. The SMILES string of the molecule is CNCCn1nc(C)c(S(=O)(=O)Nc2ccn(C)n2)c1C. The molecule has 2 aromatic heterocycles. The van der Waals surface area contributed by atoms with Gasteiger partial charge in [0, 0.05) is 25.9 Å². The van der Waals surface area contributed by atoms with E-state index >= 15 is 0 Å². The minimum absolute atomic E-state index is 0.212. The maximum absolute atomic E-state index is 12.5. The summed E-state index contributed by atoms with van der Waals surface area (Å²) >= 11 is 0. The third-order valence-electron chi connectivity index (χ3n) is 3.11. The molecule has 9 heteroatoms. The Morgan fingerprint density at radius 3 is 2.57 bits per heavy atom.